The van der Waals surface area contributed by atoms with Gasteiger partial charge < -0.3 is 25.5 Å². The zero-order valence-electron chi connectivity index (χ0n) is 20.7. The molecule has 1 heterocycles. The minimum Gasteiger partial charge on any atom is -0.385 e. The van der Waals surface area contributed by atoms with Crippen LogP contribution >= 0.6 is 0 Å². The average Bonchev–Trinajstić information content (AvgIpc) is 2.76. The third-order valence-electron chi connectivity index (χ3n) is 5.39. The summed E-state index contributed by atoms with van der Waals surface area (Å²) in [6.07, 6.45) is 0. The van der Waals surface area contributed by atoms with E-state index in [9.17, 15) is 23.1 Å². The van der Waals surface area contributed by atoms with Crippen LogP contribution in [0.3, 0.4) is 0 Å². The van der Waals surface area contributed by atoms with E-state index in [-0.39, 0.29) is 30.4 Å². The van der Waals surface area contributed by atoms with E-state index in [0.29, 0.717) is 12.1 Å². The Balaban J connectivity index is 0.00000199. The maximum Gasteiger partial charge on any atom is 0.256 e. The van der Waals surface area contributed by atoms with E-state index >= 15 is 0 Å². The standard InChI is InChI=1S/C23H29F3N4O2.C2H6/c1-14-5-8-19(18(25)9-14)28-21-16(6-7-17(24)20(21)26)22(31)30-12-23(32,13-30)11-27-15(2)10-29(3)4;1-2/h5-9,15,27-28,32H,10-13H2,1-4H3;1-2H3. The Bertz CT molecular complexity index is 994. The summed E-state index contributed by atoms with van der Waals surface area (Å²) >= 11 is 0. The normalized spacial score (nSPS) is 15.3. The van der Waals surface area contributed by atoms with Crippen LogP contribution in [-0.2, 0) is 0 Å². The molecule has 1 unspecified atom stereocenters. The van der Waals surface area contributed by atoms with Crippen molar-refractivity contribution in [2.45, 2.75) is 39.3 Å². The quantitative estimate of drug-likeness (QED) is 0.535. The summed E-state index contributed by atoms with van der Waals surface area (Å²) in [5, 5.41) is 16.4. The van der Waals surface area contributed by atoms with Gasteiger partial charge in [-0.25, -0.2) is 13.2 Å². The maximum atomic E-state index is 14.6. The zero-order valence-corrected chi connectivity index (χ0v) is 20.7. The molecule has 2 aromatic carbocycles. The highest BCUT2D eigenvalue weighted by molar-refractivity contribution is 6.01. The number of nitrogens with zero attached hydrogens (tertiary/aromatic N) is 2. The van der Waals surface area contributed by atoms with Crippen LogP contribution in [0.4, 0.5) is 24.5 Å². The molecule has 1 aliphatic rings. The van der Waals surface area contributed by atoms with E-state index in [1.165, 1.54) is 17.0 Å². The van der Waals surface area contributed by atoms with Crippen molar-refractivity contribution in [3.63, 3.8) is 0 Å². The molecule has 0 saturated carbocycles. The molecule has 1 amide bonds. The number of β-amino-alcohol motifs (C(OH)–C–C–N with tert-alkyl or cyclic N) is 1. The lowest BCUT2D eigenvalue weighted by atomic mass is 9.92. The largest absolute Gasteiger partial charge is 0.385 e. The first-order valence-electron chi connectivity index (χ1n) is 11.4. The van der Waals surface area contributed by atoms with Gasteiger partial charge in [-0.15, -0.1) is 0 Å². The van der Waals surface area contributed by atoms with Crippen LogP contribution < -0.4 is 10.6 Å². The predicted molar refractivity (Wildman–Crippen MR) is 129 cm³/mol. The zero-order chi connectivity index (χ0) is 25.6. The summed E-state index contributed by atoms with van der Waals surface area (Å²) in [5.74, 6) is -3.66. The molecule has 1 saturated heterocycles. The molecule has 3 N–H and O–H groups in total. The van der Waals surface area contributed by atoms with E-state index in [2.05, 4.69) is 10.6 Å². The number of aliphatic hydroxyl groups is 1. The number of amides is 1. The van der Waals surface area contributed by atoms with Gasteiger partial charge in [0, 0.05) is 19.1 Å². The first-order chi connectivity index (χ1) is 16.0. The smallest absolute Gasteiger partial charge is 0.256 e. The van der Waals surface area contributed by atoms with E-state index in [0.717, 1.165) is 18.7 Å². The fourth-order valence-corrected chi connectivity index (χ4v) is 3.77. The predicted octanol–water partition coefficient (Wildman–Crippen LogP) is 3.91. The molecule has 9 heteroatoms. The Labute approximate surface area is 199 Å². The highest BCUT2D eigenvalue weighted by Crippen LogP contribution is 2.31. The third-order valence-corrected chi connectivity index (χ3v) is 5.39. The molecule has 0 aliphatic carbocycles. The molecule has 6 nitrogen and oxygen atoms in total. The second-order valence-electron chi connectivity index (χ2n) is 8.82. The van der Waals surface area contributed by atoms with Gasteiger partial charge in [-0.2, -0.15) is 0 Å². The van der Waals surface area contributed by atoms with Crippen molar-refractivity contribution in [3.8, 4) is 0 Å². The van der Waals surface area contributed by atoms with E-state index in [1.54, 1.807) is 13.0 Å². The molecular formula is C25H35F3N4O2. The Kier molecular flexibility index (Phi) is 9.49. The highest BCUT2D eigenvalue weighted by Gasteiger charge is 2.44. The SMILES string of the molecule is CC.Cc1ccc(Nc2c(C(=O)N3CC(O)(CNC(C)CN(C)C)C3)ccc(F)c2F)c(F)c1. The lowest BCUT2D eigenvalue weighted by Crippen LogP contribution is -2.68. The molecule has 0 aromatic heterocycles. The number of carbonyl (C=O) groups is 1. The Morgan fingerprint density at radius 3 is 2.38 bits per heavy atom. The summed E-state index contributed by atoms with van der Waals surface area (Å²) in [5.41, 5.74) is -1.09. The Hall–Kier alpha value is -2.62. The second-order valence-corrected chi connectivity index (χ2v) is 8.82. The third kappa shape index (κ3) is 6.71. The van der Waals surface area contributed by atoms with Crippen molar-refractivity contribution >= 4 is 17.3 Å². The van der Waals surface area contributed by atoms with Crippen LogP contribution in [0.2, 0.25) is 0 Å². The molecule has 1 fully saturated rings. The number of hydrogen-bond donors (Lipinski definition) is 3. The second kappa shape index (κ2) is 11.7. The first kappa shape index (κ1) is 27.6. The van der Waals surface area contributed by atoms with Crippen molar-refractivity contribution < 1.29 is 23.1 Å². The average molecular weight is 481 g/mol. The van der Waals surface area contributed by atoms with Gasteiger partial charge in [-0.3, -0.25) is 4.79 Å². The van der Waals surface area contributed by atoms with Gasteiger partial charge in [0.15, 0.2) is 11.6 Å². The van der Waals surface area contributed by atoms with Gasteiger partial charge in [0.2, 0.25) is 0 Å². The highest BCUT2D eigenvalue weighted by atomic mass is 19.2. The minimum atomic E-state index is -1.27. The number of halogens is 3. The molecule has 1 atom stereocenters. The summed E-state index contributed by atoms with van der Waals surface area (Å²) < 4.78 is 42.7. The minimum absolute atomic E-state index is 0.0465. The summed E-state index contributed by atoms with van der Waals surface area (Å²) in [7, 11) is 3.90. The summed E-state index contributed by atoms with van der Waals surface area (Å²) in [4.78, 5) is 16.3. The van der Waals surface area contributed by atoms with E-state index in [1.807, 2.05) is 39.8 Å². The number of benzene rings is 2. The van der Waals surface area contributed by atoms with Crippen molar-refractivity contribution in [3.05, 3.63) is 58.9 Å². The molecule has 0 bridgehead atoms. The Morgan fingerprint density at radius 1 is 1.15 bits per heavy atom. The molecule has 34 heavy (non-hydrogen) atoms. The maximum absolute atomic E-state index is 14.6. The number of aryl methyl sites for hydroxylation is 1. The summed E-state index contributed by atoms with van der Waals surface area (Å²) in [6.45, 7) is 8.87. The fraction of sp³-hybridized carbons (Fsp3) is 0.480. The molecule has 0 spiro atoms. The molecule has 188 valence electrons. The topological polar surface area (TPSA) is 67.8 Å². The van der Waals surface area contributed by atoms with Gasteiger partial charge in [-0.05, 0) is 57.8 Å². The van der Waals surface area contributed by atoms with Crippen molar-refractivity contribution in [2.75, 3.05) is 45.6 Å². The van der Waals surface area contributed by atoms with E-state index in [4.69, 9.17) is 0 Å². The van der Waals surface area contributed by atoms with Crippen molar-refractivity contribution in [2.24, 2.45) is 0 Å². The number of likely N-dealkylation sites (N-methyl/N-ethyl adjacent to an activating group) is 1. The van der Waals surface area contributed by atoms with Crippen LogP contribution in [-0.4, -0.2) is 72.7 Å². The molecular weight excluding hydrogens is 445 g/mol. The van der Waals surface area contributed by atoms with Gasteiger partial charge in [0.25, 0.3) is 5.91 Å². The lowest BCUT2D eigenvalue weighted by molar-refractivity contribution is -0.0797. The van der Waals surface area contributed by atoms with Crippen LogP contribution in [0.15, 0.2) is 30.3 Å². The monoisotopic (exact) mass is 480 g/mol. The number of hydrogen-bond acceptors (Lipinski definition) is 5. The van der Waals surface area contributed by atoms with Crippen LogP contribution in [0.5, 0.6) is 0 Å². The lowest BCUT2D eigenvalue weighted by Gasteiger charge is -2.47. The number of anilines is 2. The van der Waals surface area contributed by atoms with Crippen LogP contribution in [0.1, 0.15) is 36.7 Å². The Morgan fingerprint density at radius 2 is 1.79 bits per heavy atom. The molecule has 2 aromatic rings. The van der Waals surface area contributed by atoms with Crippen LogP contribution in [0, 0.1) is 24.4 Å². The molecule has 0 radical (unpaired) electrons. The van der Waals surface area contributed by atoms with E-state index < -0.39 is 34.6 Å². The van der Waals surface area contributed by atoms with Crippen molar-refractivity contribution in [1.29, 1.82) is 0 Å². The number of carbonyl (C=O) groups excluding carboxylic acids is 1. The van der Waals surface area contributed by atoms with Crippen LogP contribution in [0.25, 0.3) is 0 Å². The first-order valence-corrected chi connectivity index (χ1v) is 11.4. The number of nitrogens with one attached hydrogen (secondary N) is 2. The van der Waals surface area contributed by atoms with Crippen molar-refractivity contribution in [1.82, 2.24) is 15.1 Å². The van der Waals surface area contributed by atoms with Gasteiger partial charge >= 0.3 is 0 Å². The number of likely N-dealkylation sites (tertiary alicyclic amines) is 1. The fourth-order valence-electron chi connectivity index (χ4n) is 3.77. The molecule has 3 rings (SSSR count). The summed E-state index contributed by atoms with van der Waals surface area (Å²) in [6, 6.07) is 6.42. The van der Waals surface area contributed by atoms with Gasteiger partial charge in [0.05, 0.1) is 30.0 Å². The van der Waals surface area contributed by atoms with Gasteiger partial charge in [-0.1, -0.05) is 19.9 Å². The number of rotatable bonds is 8. The molecule has 1 aliphatic heterocycles. The van der Waals surface area contributed by atoms with Gasteiger partial charge in [0.1, 0.15) is 11.4 Å².